The molecule has 6 rings (SSSR count). The number of ether oxygens (including phenoxy) is 9. The minimum atomic E-state index is -0.878. The van der Waals surface area contributed by atoms with Crippen molar-refractivity contribution in [3.8, 4) is 0 Å². The van der Waals surface area contributed by atoms with Gasteiger partial charge in [0.25, 0.3) is 0 Å². The Labute approximate surface area is 376 Å². The van der Waals surface area contributed by atoms with Crippen molar-refractivity contribution in [2.75, 3.05) is 74.2 Å². The van der Waals surface area contributed by atoms with E-state index in [0.717, 1.165) is 22.7 Å². The van der Waals surface area contributed by atoms with Crippen LogP contribution in [0.5, 0.6) is 0 Å². The number of esters is 3. The van der Waals surface area contributed by atoms with Gasteiger partial charge in [-0.05, 0) is 43.3 Å². The zero-order valence-electron chi connectivity index (χ0n) is 35.3. The Morgan fingerprint density at radius 3 is 1.54 bits per heavy atom. The van der Waals surface area contributed by atoms with Crippen molar-refractivity contribution in [3.05, 3.63) is 104 Å². The normalized spacial score (nSPS) is 10.9. The first kappa shape index (κ1) is 49.5. The van der Waals surface area contributed by atoms with E-state index in [2.05, 4.69) is 19.4 Å². The van der Waals surface area contributed by atoms with Gasteiger partial charge in [-0.25, -0.2) is 37.9 Å². The van der Waals surface area contributed by atoms with Gasteiger partial charge in [0.15, 0.2) is 34.9 Å². The zero-order chi connectivity index (χ0) is 46.9. The fourth-order valence-corrected chi connectivity index (χ4v) is 7.17. The first-order valence-corrected chi connectivity index (χ1v) is 21.1. The third-order valence-electron chi connectivity index (χ3n) is 8.71. The van der Waals surface area contributed by atoms with Gasteiger partial charge >= 0.3 is 24.1 Å². The lowest BCUT2D eigenvalue weighted by Crippen LogP contribution is -2.17. The molecule has 6 aromatic rings. The van der Waals surface area contributed by atoms with Gasteiger partial charge in [0.1, 0.15) is 18.2 Å². The molecule has 65 heavy (non-hydrogen) atoms. The van der Waals surface area contributed by atoms with Crippen molar-refractivity contribution in [2.45, 2.75) is 20.4 Å². The van der Waals surface area contributed by atoms with Gasteiger partial charge in [-0.15, -0.1) is 22.7 Å². The molecule has 0 saturated carbocycles. The van der Waals surface area contributed by atoms with Crippen LogP contribution >= 0.6 is 22.7 Å². The van der Waals surface area contributed by atoms with E-state index in [0.29, 0.717) is 48.2 Å². The van der Waals surface area contributed by atoms with Crippen molar-refractivity contribution >= 4 is 80.1 Å². The number of aromatic nitrogens is 4. The molecule has 19 nitrogen and oxygen atoms in total. The van der Waals surface area contributed by atoms with E-state index in [1.54, 1.807) is 14.0 Å². The second-order valence-corrected chi connectivity index (χ2v) is 14.7. The average Bonchev–Trinajstić information content (AvgIpc) is 4.13. The quantitative estimate of drug-likeness (QED) is 0.0338. The van der Waals surface area contributed by atoms with Crippen molar-refractivity contribution < 1.29 is 80.2 Å². The largest absolute Gasteiger partial charge is 0.510 e. The molecule has 0 unspecified atom stereocenters. The van der Waals surface area contributed by atoms with Gasteiger partial charge in [0.05, 0.1) is 82.6 Å². The molecule has 0 radical (unpaired) electrons. The number of benzene rings is 2. The number of nitrogens with zero attached hydrogens (tertiary/aromatic N) is 4. The van der Waals surface area contributed by atoms with Gasteiger partial charge in [0.2, 0.25) is 11.6 Å². The minimum absolute atomic E-state index is 0.0142. The molecule has 0 spiro atoms. The highest BCUT2D eigenvalue weighted by Crippen LogP contribution is 2.28. The smallest absolute Gasteiger partial charge is 0.464 e. The third-order valence-corrected chi connectivity index (χ3v) is 10.4. The molecule has 0 atom stereocenters. The molecular weight excluding hydrogens is 903 g/mol. The fraction of sp³-hybridized carbons (Fsp3) is 0.333. The molecule has 4 heterocycles. The maximum Gasteiger partial charge on any atom is 0.510 e. The van der Waals surface area contributed by atoms with E-state index >= 15 is 0 Å². The molecule has 346 valence electrons. The summed E-state index contributed by atoms with van der Waals surface area (Å²) < 4.78 is 75.3. The highest BCUT2D eigenvalue weighted by Gasteiger charge is 2.24. The van der Waals surface area contributed by atoms with E-state index in [1.165, 1.54) is 82.9 Å². The molecule has 23 heteroatoms. The molecule has 4 aromatic heterocycles. The van der Waals surface area contributed by atoms with Gasteiger partial charge in [-0.1, -0.05) is 0 Å². The van der Waals surface area contributed by atoms with Crippen LogP contribution in [0.3, 0.4) is 0 Å². The van der Waals surface area contributed by atoms with Crippen LogP contribution in [-0.2, 0) is 60.9 Å². The van der Waals surface area contributed by atoms with Crippen LogP contribution in [0.4, 0.5) is 13.6 Å². The molecule has 0 saturated heterocycles. The summed E-state index contributed by atoms with van der Waals surface area (Å²) in [4.78, 5) is 80.7. The number of thiazole rings is 2. The predicted octanol–water partition coefficient (Wildman–Crippen LogP) is 5.84. The molecule has 0 aliphatic heterocycles. The number of rotatable bonds is 22. The molecule has 0 aliphatic carbocycles. The Hall–Kier alpha value is -6.50. The van der Waals surface area contributed by atoms with Gasteiger partial charge in [-0.2, -0.15) is 0 Å². The van der Waals surface area contributed by atoms with Gasteiger partial charge in [-0.3, -0.25) is 9.59 Å². The summed E-state index contributed by atoms with van der Waals surface area (Å²) in [6, 6.07) is 7.80. The van der Waals surface area contributed by atoms with Crippen LogP contribution < -0.4 is 0 Å². The summed E-state index contributed by atoms with van der Waals surface area (Å²) in [6.07, 6.45) is 2.00. The summed E-state index contributed by atoms with van der Waals surface area (Å²) in [5, 5.41) is 3.88. The number of hydrogen-bond acceptors (Lipinski definition) is 19. The maximum atomic E-state index is 13.9. The van der Waals surface area contributed by atoms with Crippen molar-refractivity contribution in [1.82, 2.24) is 19.1 Å². The summed E-state index contributed by atoms with van der Waals surface area (Å²) >= 11 is 1.98. The number of carbonyl (C=O) groups is 6. The Kier molecular flexibility index (Phi) is 18.7. The van der Waals surface area contributed by atoms with E-state index < -0.39 is 47.3 Å². The van der Waals surface area contributed by atoms with Crippen LogP contribution in [0.25, 0.3) is 21.8 Å². The molecule has 0 N–H and O–H groups in total. The number of ketones is 2. The predicted molar refractivity (Wildman–Crippen MR) is 226 cm³/mol. The summed E-state index contributed by atoms with van der Waals surface area (Å²) in [6.45, 7) is 3.23. The van der Waals surface area contributed by atoms with Crippen LogP contribution in [-0.4, -0.2) is 129 Å². The standard InChI is InChI=1S/C24H27FN2O9S.C18H15FN2O6S/c1-31-5-6-33-7-8-34-9-10-35-13-21(28)36-15-27-12-18(17-4-3-16(25)11-20(17)27)22(29)23-26-19(14-37-23)24(30)32-2;1-3-26-18(24)27-9-21-7-12(11-5-4-10(19)6-14(11)21)15(22)16-20-13(8-28-16)17(23)25-2/h3-4,11-12,14H,5-10,13,15H2,1-2H3;4-8H,3,9H2,1-2H3. The summed E-state index contributed by atoms with van der Waals surface area (Å²) in [5.41, 5.74) is 1.20. The van der Waals surface area contributed by atoms with Crippen LogP contribution in [0.2, 0.25) is 0 Å². The SMILES string of the molecule is CCOC(=O)OCn1cc(C(=O)c2nc(C(=O)OC)cs2)c2ccc(F)cc21.COCCOCCOCCOCC(=O)OCn1cc(C(=O)c2nc(C(=O)OC)cs2)c2ccc(F)cc21. The number of hydrogen-bond donors (Lipinski definition) is 0. The van der Waals surface area contributed by atoms with Gasteiger partial charge in [0, 0.05) is 41.0 Å². The van der Waals surface area contributed by atoms with Crippen molar-refractivity contribution in [3.63, 3.8) is 0 Å². The Balaban J connectivity index is 0.000000253. The number of carbonyl (C=O) groups excluding carboxylic acids is 6. The number of fused-ring (bicyclic) bond motifs is 2. The van der Waals surface area contributed by atoms with Crippen LogP contribution in [0.1, 0.15) is 58.6 Å². The van der Waals surface area contributed by atoms with Crippen molar-refractivity contribution in [2.24, 2.45) is 0 Å². The number of methoxy groups -OCH3 is 3. The van der Waals surface area contributed by atoms with E-state index in [1.807, 2.05) is 0 Å². The summed E-state index contributed by atoms with van der Waals surface area (Å²) in [5.74, 6) is -3.90. The molecule has 0 bridgehead atoms. The minimum Gasteiger partial charge on any atom is -0.464 e. The number of halogens is 2. The lowest BCUT2D eigenvalue weighted by Gasteiger charge is -2.08. The monoisotopic (exact) mass is 944 g/mol. The van der Waals surface area contributed by atoms with Crippen molar-refractivity contribution in [1.29, 1.82) is 0 Å². The van der Waals surface area contributed by atoms with E-state index in [9.17, 15) is 37.5 Å². The second-order valence-electron chi connectivity index (χ2n) is 12.9. The first-order valence-electron chi connectivity index (χ1n) is 19.3. The Morgan fingerprint density at radius 2 is 1.08 bits per heavy atom. The molecule has 0 amide bonds. The fourth-order valence-electron chi connectivity index (χ4n) is 5.69. The topological polar surface area (TPSA) is 221 Å². The lowest BCUT2D eigenvalue weighted by molar-refractivity contribution is -0.153. The molecule has 0 aliphatic rings. The van der Waals surface area contributed by atoms with Gasteiger partial charge < -0.3 is 51.8 Å². The van der Waals surface area contributed by atoms with E-state index in [-0.39, 0.29) is 72.4 Å². The zero-order valence-corrected chi connectivity index (χ0v) is 37.0. The average molecular weight is 945 g/mol. The first-order chi connectivity index (χ1) is 31.4. The third kappa shape index (κ3) is 13.5. The second kappa shape index (κ2) is 24.5. The molecule has 2 aromatic carbocycles. The lowest BCUT2D eigenvalue weighted by atomic mass is 10.1. The van der Waals surface area contributed by atoms with E-state index in [4.69, 9.17) is 33.2 Å². The Bertz CT molecular complexity index is 2620. The Morgan fingerprint density at radius 1 is 0.615 bits per heavy atom. The highest BCUT2D eigenvalue weighted by atomic mass is 32.1. The van der Waals surface area contributed by atoms with Crippen LogP contribution in [0.15, 0.2) is 59.6 Å². The van der Waals surface area contributed by atoms with Crippen LogP contribution in [0, 0.1) is 11.6 Å². The summed E-state index contributed by atoms with van der Waals surface area (Å²) in [7, 11) is 4.03. The molecular formula is C42H42F2N4O15S2. The molecule has 0 fully saturated rings. The highest BCUT2D eigenvalue weighted by molar-refractivity contribution is 7.12. The maximum absolute atomic E-state index is 13.9.